The molecule has 3 aromatic rings. The van der Waals surface area contributed by atoms with Gasteiger partial charge >= 0.3 is 0 Å². The van der Waals surface area contributed by atoms with Gasteiger partial charge in [-0.2, -0.15) is 0 Å². The van der Waals surface area contributed by atoms with Crippen molar-refractivity contribution >= 4 is 22.7 Å². The average molecular weight is 421 g/mol. The first-order valence-electron chi connectivity index (χ1n) is 11.1. The molecule has 2 aliphatic rings. The largest absolute Gasteiger partial charge is 0.468 e. The lowest BCUT2D eigenvalue weighted by Crippen LogP contribution is -2.29. The van der Waals surface area contributed by atoms with Crippen LogP contribution < -0.4 is 15.0 Å². The summed E-state index contributed by atoms with van der Waals surface area (Å²) >= 11 is 0. The number of benzene rings is 1. The van der Waals surface area contributed by atoms with Crippen molar-refractivity contribution < 1.29 is 9.47 Å². The zero-order valence-corrected chi connectivity index (χ0v) is 17.9. The Labute approximate surface area is 182 Å². The third-order valence-corrected chi connectivity index (χ3v) is 5.80. The minimum Gasteiger partial charge on any atom is -0.468 e. The van der Waals surface area contributed by atoms with Crippen molar-refractivity contribution in [3.05, 3.63) is 41.9 Å². The smallest absolute Gasteiger partial charge is 0.236 e. The summed E-state index contributed by atoms with van der Waals surface area (Å²) in [6.07, 6.45) is 4.37. The van der Waals surface area contributed by atoms with Gasteiger partial charge in [-0.3, -0.25) is 0 Å². The number of nitrogens with zero attached hydrogens (tertiary/aromatic N) is 5. The van der Waals surface area contributed by atoms with Crippen LogP contribution in [0.15, 0.2) is 30.3 Å². The van der Waals surface area contributed by atoms with Crippen molar-refractivity contribution in [2.45, 2.75) is 45.3 Å². The van der Waals surface area contributed by atoms with Crippen molar-refractivity contribution in [1.29, 1.82) is 0 Å². The van der Waals surface area contributed by atoms with Gasteiger partial charge in [0.1, 0.15) is 23.9 Å². The summed E-state index contributed by atoms with van der Waals surface area (Å²) < 4.78 is 11.5. The van der Waals surface area contributed by atoms with Gasteiger partial charge in [-0.05, 0) is 44.7 Å². The highest BCUT2D eigenvalue weighted by molar-refractivity contribution is 5.74. The third-order valence-electron chi connectivity index (χ3n) is 5.80. The van der Waals surface area contributed by atoms with E-state index in [1.165, 1.54) is 12.8 Å². The summed E-state index contributed by atoms with van der Waals surface area (Å²) in [6, 6.07) is 10.2. The molecule has 8 heteroatoms. The van der Waals surface area contributed by atoms with E-state index in [0.717, 1.165) is 67.5 Å². The molecule has 0 radical (unpaired) electrons. The summed E-state index contributed by atoms with van der Waals surface area (Å²) in [5.41, 5.74) is 2.44. The molecule has 2 fully saturated rings. The minimum atomic E-state index is 0.248. The summed E-state index contributed by atoms with van der Waals surface area (Å²) in [5.74, 6) is 2.98. The van der Waals surface area contributed by atoms with Gasteiger partial charge in [0.15, 0.2) is 5.82 Å². The second-order valence-electron chi connectivity index (χ2n) is 8.14. The van der Waals surface area contributed by atoms with Crippen molar-refractivity contribution in [2.75, 3.05) is 36.5 Å². The van der Waals surface area contributed by atoms with Gasteiger partial charge in [-0.1, -0.05) is 12.1 Å². The van der Waals surface area contributed by atoms with Crippen LogP contribution in [0.1, 0.15) is 37.2 Å². The number of ether oxygens (including phenoxy) is 2. The van der Waals surface area contributed by atoms with Crippen LogP contribution in [-0.2, 0) is 11.3 Å². The molecule has 2 saturated heterocycles. The number of aryl methyl sites for hydroxylation is 1. The van der Waals surface area contributed by atoms with Crippen LogP contribution in [0.3, 0.4) is 0 Å². The molecule has 2 aromatic heterocycles. The Morgan fingerprint density at radius 3 is 2.55 bits per heavy atom. The molecule has 4 heterocycles. The fourth-order valence-electron chi connectivity index (χ4n) is 4.12. The Morgan fingerprint density at radius 1 is 1.03 bits per heavy atom. The number of hydrogen-bond acceptors (Lipinski definition) is 8. The summed E-state index contributed by atoms with van der Waals surface area (Å²) in [5, 5.41) is 3.58. The Balaban J connectivity index is 1.37. The molecule has 2 aliphatic heterocycles. The monoisotopic (exact) mass is 420 g/mol. The van der Waals surface area contributed by atoms with Crippen LogP contribution in [0.25, 0.3) is 11.0 Å². The van der Waals surface area contributed by atoms with Crippen LogP contribution >= 0.6 is 0 Å². The van der Waals surface area contributed by atoms with Gasteiger partial charge in [0.05, 0.1) is 11.0 Å². The maximum atomic E-state index is 6.03. The molecule has 0 saturated carbocycles. The van der Waals surface area contributed by atoms with Crippen LogP contribution in [-0.4, -0.2) is 52.3 Å². The number of nitrogens with one attached hydrogen (secondary N) is 1. The highest BCUT2D eigenvalue weighted by Crippen LogP contribution is 2.24. The first kappa shape index (κ1) is 19.9. The second-order valence-corrected chi connectivity index (χ2v) is 8.14. The van der Waals surface area contributed by atoms with E-state index in [-0.39, 0.29) is 6.61 Å². The zero-order valence-electron chi connectivity index (χ0n) is 17.9. The van der Waals surface area contributed by atoms with Gasteiger partial charge < -0.3 is 19.7 Å². The number of rotatable bonds is 6. The van der Waals surface area contributed by atoms with Gasteiger partial charge in [0.2, 0.25) is 5.88 Å². The number of anilines is 2. The lowest BCUT2D eigenvalue weighted by atomic mass is 10.1. The Hall–Kier alpha value is -3.00. The fourth-order valence-corrected chi connectivity index (χ4v) is 4.12. The molecule has 162 valence electrons. The maximum absolute atomic E-state index is 6.03. The van der Waals surface area contributed by atoms with Crippen LogP contribution in [0.2, 0.25) is 0 Å². The molecule has 0 amide bonds. The third kappa shape index (κ3) is 4.69. The predicted molar refractivity (Wildman–Crippen MR) is 120 cm³/mol. The molecule has 1 N–H and O–H groups in total. The van der Waals surface area contributed by atoms with Crippen LogP contribution in [0.5, 0.6) is 5.88 Å². The van der Waals surface area contributed by atoms with Gasteiger partial charge in [0.25, 0.3) is 0 Å². The van der Waals surface area contributed by atoms with E-state index in [4.69, 9.17) is 19.4 Å². The summed E-state index contributed by atoms with van der Waals surface area (Å²) in [6.45, 7) is 5.80. The van der Waals surface area contributed by atoms with E-state index in [2.05, 4.69) is 26.3 Å². The van der Waals surface area contributed by atoms with E-state index in [1.54, 1.807) is 0 Å². The van der Waals surface area contributed by atoms with Crippen LogP contribution in [0.4, 0.5) is 11.6 Å². The van der Waals surface area contributed by atoms with Gasteiger partial charge in [0, 0.05) is 38.4 Å². The average Bonchev–Trinajstić information content (AvgIpc) is 3.33. The van der Waals surface area contributed by atoms with E-state index >= 15 is 0 Å². The number of hydrogen-bond donors (Lipinski definition) is 1. The first-order valence-corrected chi connectivity index (χ1v) is 11.1. The number of aromatic nitrogens is 4. The van der Waals surface area contributed by atoms with Gasteiger partial charge in [-0.25, -0.2) is 19.9 Å². The van der Waals surface area contributed by atoms with Crippen molar-refractivity contribution in [3.63, 3.8) is 0 Å². The summed E-state index contributed by atoms with van der Waals surface area (Å²) in [7, 11) is 0. The first-order chi connectivity index (χ1) is 15.2. The highest BCUT2D eigenvalue weighted by atomic mass is 16.5. The van der Waals surface area contributed by atoms with E-state index < -0.39 is 0 Å². The molecular weight excluding hydrogens is 392 g/mol. The number of fused-ring (bicyclic) bond motifs is 1. The molecule has 0 bridgehead atoms. The minimum absolute atomic E-state index is 0.248. The maximum Gasteiger partial charge on any atom is 0.236 e. The molecule has 0 unspecified atom stereocenters. The molecule has 31 heavy (non-hydrogen) atoms. The molecule has 0 atom stereocenters. The van der Waals surface area contributed by atoms with E-state index in [0.29, 0.717) is 17.7 Å². The van der Waals surface area contributed by atoms with Crippen molar-refractivity contribution in [3.8, 4) is 5.88 Å². The van der Waals surface area contributed by atoms with Crippen molar-refractivity contribution in [1.82, 2.24) is 19.9 Å². The van der Waals surface area contributed by atoms with Crippen molar-refractivity contribution in [2.24, 2.45) is 0 Å². The lowest BCUT2D eigenvalue weighted by molar-refractivity contribution is 0.0904. The standard InChI is InChI=1S/C23H28N6O2/c1-16-23(26-19-7-3-2-6-18(19)24-16)31-15-21-27-20(25-17-8-12-30-13-9-17)14-22(28-21)29-10-4-5-11-29/h2-3,6-7,14,17H,4-5,8-13,15H2,1H3,(H,25,27,28). The van der Waals surface area contributed by atoms with E-state index in [9.17, 15) is 0 Å². The summed E-state index contributed by atoms with van der Waals surface area (Å²) in [4.78, 5) is 21.1. The SMILES string of the molecule is Cc1nc2ccccc2nc1OCc1nc(NC2CCOCC2)cc(N2CCCC2)n1. The quantitative estimate of drug-likeness (QED) is 0.649. The Kier molecular flexibility index (Phi) is 5.80. The Morgan fingerprint density at radius 2 is 1.77 bits per heavy atom. The topological polar surface area (TPSA) is 85.3 Å². The molecular formula is C23H28N6O2. The normalized spacial score (nSPS) is 17.3. The predicted octanol–water partition coefficient (Wildman–Crippen LogP) is 3.50. The van der Waals surface area contributed by atoms with Crippen LogP contribution in [0, 0.1) is 6.92 Å². The zero-order chi connectivity index (χ0) is 21.0. The molecule has 8 nitrogen and oxygen atoms in total. The molecule has 1 aromatic carbocycles. The fraction of sp³-hybridized carbons (Fsp3) is 0.478. The molecule has 0 aliphatic carbocycles. The van der Waals surface area contributed by atoms with E-state index in [1.807, 2.05) is 31.2 Å². The molecule has 0 spiro atoms. The highest BCUT2D eigenvalue weighted by Gasteiger charge is 2.19. The van der Waals surface area contributed by atoms with Gasteiger partial charge in [-0.15, -0.1) is 0 Å². The Bertz CT molecular complexity index is 1050. The molecule has 5 rings (SSSR count). The lowest BCUT2D eigenvalue weighted by Gasteiger charge is -2.25. The second kappa shape index (κ2) is 9.01. The number of para-hydroxylation sites is 2.